The van der Waals surface area contributed by atoms with Crippen molar-refractivity contribution in [1.82, 2.24) is 0 Å². The topological polar surface area (TPSA) is 44.5 Å². The molecule has 112 valence electrons. The van der Waals surface area contributed by atoms with Crippen LogP contribution in [0.1, 0.15) is 24.5 Å². The molecule has 3 nitrogen and oxygen atoms in total. The van der Waals surface area contributed by atoms with Gasteiger partial charge in [0.05, 0.1) is 13.2 Å². The number of ether oxygens (including phenoxy) is 2. The largest absolute Gasteiger partial charge is 0.493 e. The highest BCUT2D eigenvalue weighted by Crippen LogP contribution is 2.19. The van der Waals surface area contributed by atoms with Gasteiger partial charge in [0.25, 0.3) is 0 Å². The summed E-state index contributed by atoms with van der Waals surface area (Å²) in [6, 6.07) is 14.0. The summed E-state index contributed by atoms with van der Waals surface area (Å²) in [4.78, 5) is 0. The first-order valence-corrected chi connectivity index (χ1v) is 7.39. The van der Waals surface area contributed by atoms with Crippen LogP contribution in [-0.2, 0) is 6.42 Å². The van der Waals surface area contributed by atoms with E-state index in [0.29, 0.717) is 13.2 Å². The Morgan fingerprint density at radius 3 is 2.14 bits per heavy atom. The predicted octanol–water partition coefficient (Wildman–Crippen LogP) is 3.99. The third-order valence-corrected chi connectivity index (χ3v) is 3.41. The van der Waals surface area contributed by atoms with Crippen LogP contribution in [0.4, 0.5) is 5.69 Å². The first-order chi connectivity index (χ1) is 10.2. The van der Waals surface area contributed by atoms with Crippen LogP contribution in [0.25, 0.3) is 0 Å². The molecule has 0 atom stereocenters. The minimum Gasteiger partial charge on any atom is -0.493 e. The minimum absolute atomic E-state index is 0.621. The fourth-order valence-electron chi connectivity index (χ4n) is 1.97. The van der Waals surface area contributed by atoms with E-state index in [4.69, 9.17) is 15.2 Å². The van der Waals surface area contributed by atoms with Crippen LogP contribution in [0.15, 0.2) is 42.5 Å². The molecular formula is C18H23NO2. The first-order valence-electron chi connectivity index (χ1n) is 7.39. The van der Waals surface area contributed by atoms with Crippen molar-refractivity contribution in [1.29, 1.82) is 0 Å². The second kappa shape index (κ2) is 7.58. The lowest BCUT2D eigenvalue weighted by Gasteiger charge is -2.09. The Morgan fingerprint density at radius 1 is 0.905 bits per heavy atom. The maximum atomic E-state index is 5.85. The molecule has 0 saturated heterocycles. The number of hydrogen-bond donors (Lipinski definition) is 1. The molecule has 0 saturated carbocycles. The second-order valence-electron chi connectivity index (χ2n) is 5.07. The van der Waals surface area contributed by atoms with Crippen LogP contribution >= 0.6 is 0 Å². The predicted molar refractivity (Wildman–Crippen MR) is 87.0 cm³/mol. The lowest BCUT2D eigenvalue weighted by Crippen LogP contribution is -2.05. The Morgan fingerprint density at radius 2 is 1.52 bits per heavy atom. The average molecular weight is 285 g/mol. The summed E-state index contributed by atoms with van der Waals surface area (Å²) < 4.78 is 11.3. The number of hydrogen-bond acceptors (Lipinski definition) is 3. The van der Waals surface area contributed by atoms with Crippen molar-refractivity contribution in [2.24, 2.45) is 0 Å². The Labute approximate surface area is 126 Å². The Balaban J connectivity index is 1.68. The second-order valence-corrected chi connectivity index (χ2v) is 5.07. The van der Waals surface area contributed by atoms with Crippen LogP contribution in [0, 0.1) is 6.92 Å². The summed E-state index contributed by atoms with van der Waals surface area (Å²) in [6.45, 7) is 5.39. The number of rotatable bonds is 7. The highest BCUT2D eigenvalue weighted by molar-refractivity contribution is 5.50. The molecule has 2 rings (SSSR count). The van der Waals surface area contributed by atoms with Crippen molar-refractivity contribution in [3.63, 3.8) is 0 Å². The van der Waals surface area contributed by atoms with Crippen LogP contribution in [0.3, 0.4) is 0 Å². The van der Waals surface area contributed by atoms with Crippen molar-refractivity contribution in [2.45, 2.75) is 26.7 Å². The van der Waals surface area contributed by atoms with Gasteiger partial charge in [-0.25, -0.2) is 0 Å². The summed E-state index contributed by atoms with van der Waals surface area (Å²) in [5.41, 5.74) is 9.00. The highest BCUT2D eigenvalue weighted by Gasteiger charge is 1.99. The normalized spacial score (nSPS) is 10.4. The molecule has 0 bridgehead atoms. The van der Waals surface area contributed by atoms with Crippen LogP contribution in [-0.4, -0.2) is 13.2 Å². The smallest absolute Gasteiger partial charge is 0.121 e. The molecular weight excluding hydrogens is 262 g/mol. The van der Waals surface area contributed by atoms with Crippen LogP contribution in [0.5, 0.6) is 11.5 Å². The molecule has 2 aromatic rings. The van der Waals surface area contributed by atoms with Gasteiger partial charge in [-0.15, -0.1) is 0 Å². The van der Waals surface area contributed by atoms with Gasteiger partial charge in [-0.2, -0.15) is 0 Å². The molecule has 0 aliphatic rings. The minimum atomic E-state index is 0.621. The van der Waals surface area contributed by atoms with Crippen LogP contribution in [0.2, 0.25) is 0 Å². The Hall–Kier alpha value is -2.16. The lowest BCUT2D eigenvalue weighted by atomic mass is 10.2. The Bertz CT molecular complexity index is 564. The zero-order valence-corrected chi connectivity index (χ0v) is 12.8. The van der Waals surface area contributed by atoms with E-state index in [9.17, 15) is 0 Å². The number of benzene rings is 2. The molecule has 0 aromatic heterocycles. The zero-order chi connectivity index (χ0) is 15.1. The maximum Gasteiger partial charge on any atom is 0.121 e. The molecule has 0 unspecified atom stereocenters. The van der Waals surface area contributed by atoms with Gasteiger partial charge in [-0.3, -0.25) is 0 Å². The molecule has 3 heteroatoms. The van der Waals surface area contributed by atoms with Crippen molar-refractivity contribution in [2.75, 3.05) is 18.9 Å². The first kappa shape index (κ1) is 15.2. The van der Waals surface area contributed by atoms with E-state index < -0.39 is 0 Å². The molecule has 21 heavy (non-hydrogen) atoms. The summed E-state index contributed by atoms with van der Waals surface area (Å²) in [6.07, 6.45) is 1.89. The highest BCUT2D eigenvalue weighted by atomic mass is 16.5. The molecule has 0 heterocycles. The lowest BCUT2D eigenvalue weighted by molar-refractivity contribution is 0.247. The molecule has 0 fully saturated rings. The standard InChI is InChI=1S/C18H23NO2/c1-3-15-6-9-16(10-7-15)20-11-4-12-21-17-8-5-14(2)18(19)13-17/h5-10,13H,3-4,11-12,19H2,1-2H3. The quantitative estimate of drug-likeness (QED) is 0.618. The number of aryl methyl sites for hydroxylation is 2. The van der Waals surface area contributed by atoms with Gasteiger partial charge in [0, 0.05) is 18.2 Å². The average Bonchev–Trinajstić information content (AvgIpc) is 2.51. The zero-order valence-electron chi connectivity index (χ0n) is 12.8. The molecule has 0 spiro atoms. The molecule has 0 radical (unpaired) electrons. The molecule has 2 N–H and O–H groups in total. The summed E-state index contributed by atoms with van der Waals surface area (Å²) in [5.74, 6) is 1.72. The van der Waals surface area contributed by atoms with Crippen molar-refractivity contribution in [3.05, 3.63) is 53.6 Å². The summed E-state index contributed by atoms with van der Waals surface area (Å²) >= 11 is 0. The van der Waals surface area contributed by atoms with Gasteiger partial charge in [-0.1, -0.05) is 25.1 Å². The van der Waals surface area contributed by atoms with Crippen molar-refractivity contribution >= 4 is 5.69 Å². The van der Waals surface area contributed by atoms with Gasteiger partial charge in [0.1, 0.15) is 11.5 Å². The van der Waals surface area contributed by atoms with Gasteiger partial charge >= 0.3 is 0 Å². The van der Waals surface area contributed by atoms with Crippen molar-refractivity contribution in [3.8, 4) is 11.5 Å². The monoisotopic (exact) mass is 285 g/mol. The third-order valence-electron chi connectivity index (χ3n) is 3.41. The fourth-order valence-corrected chi connectivity index (χ4v) is 1.97. The van der Waals surface area contributed by atoms with Gasteiger partial charge < -0.3 is 15.2 Å². The molecule has 0 aliphatic carbocycles. The Kier molecular flexibility index (Phi) is 5.50. The van der Waals surface area contributed by atoms with Gasteiger partial charge in [0.2, 0.25) is 0 Å². The van der Waals surface area contributed by atoms with E-state index in [0.717, 1.165) is 35.6 Å². The maximum absolute atomic E-state index is 5.85. The van der Waals surface area contributed by atoms with E-state index in [2.05, 4.69) is 19.1 Å². The van der Waals surface area contributed by atoms with E-state index in [1.54, 1.807) is 0 Å². The SMILES string of the molecule is CCc1ccc(OCCCOc2ccc(C)c(N)c2)cc1. The molecule has 2 aromatic carbocycles. The van der Waals surface area contributed by atoms with Gasteiger partial charge in [0.15, 0.2) is 0 Å². The van der Waals surface area contributed by atoms with Crippen molar-refractivity contribution < 1.29 is 9.47 Å². The van der Waals surface area contributed by atoms with Crippen LogP contribution < -0.4 is 15.2 Å². The number of nitrogens with two attached hydrogens (primary N) is 1. The van der Waals surface area contributed by atoms with E-state index >= 15 is 0 Å². The third kappa shape index (κ3) is 4.71. The summed E-state index contributed by atoms with van der Waals surface area (Å²) in [7, 11) is 0. The number of nitrogen functional groups attached to an aromatic ring is 1. The molecule has 0 amide bonds. The number of anilines is 1. The fraction of sp³-hybridized carbons (Fsp3) is 0.333. The van der Waals surface area contributed by atoms with E-state index in [1.807, 2.05) is 37.3 Å². The molecule has 0 aliphatic heterocycles. The van der Waals surface area contributed by atoms with E-state index in [1.165, 1.54) is 5.56 Å². The van der Waals surface area contributed by atoms with Gasteiger partial charge in [-0.05, 0) is 42.7 Å². The summed E-state index contributed by atoms with van der Waals surface area (Å²) in [5, 5.41) is 0. The van der Waals surface area contributed by atoms with E-state index in [-0.39, 0.29) is 0 Å².